The van der Waals surface area contributed by atoms with Crippen LogP contribution in [0.2, 0.25) is 5.02 Å². The van der Waals surface area contributed by atoms with Crippen LogP contribution in [0.15, 0.2) is 60.7 Å². The zero-order chi connectivity index (χ0) is 24.5. The Balaban J connectivity index is 1.15. The van der Waals surface area contributed by atoms with Crippen LogP contribution >= 0.6 is 11.6 Å². The fourth-order valence-corrected chi connectivity index (χ4v) is 5.99. The Hall–Kier alpha value is -2.95. The van der Waals surface area contributed by atoms with E-state index in [4.69, 9.17) is 21.6 Å². The Morgan fingerprint density at radius 3 is 2.67 bits per heavy atom. The van der Waals surface area contributed by atoms with Gasteiger partial charge in [0.15, 0.2) is 0 Å². The van der Waals surface area contributed by atoms with Gasteiger partial charge >= 0.3 is 0 Å². The lowest BCUT2D eigenvalue weighted by Crippen LogP contribution is -2.45. The molecule has 2 N–H and O–H groups in total. The molecule has 1 aromatic heterocycles. The number of piperidine rings is 1. The Labute approximate surface area is 218 Å². The molecule has 2 atom stereocenters. The van der Waals surface area contributed by atoms with Gasteiger partial charge in [-0.25, -0.2) is 9.97 Å². The summed E-state index contributed by atoms with van der Waals surface area (Å²) in [4.78, 5) is 9.74. The summed E-state index contributed by atoms with van der Waals surface area (Å²) >= 11 is 6.02. The van der Waals surface area contributed by atoms with Crippen LogP contribution in [-0.2, 0) is 19.3 Å². The van der Waals surface area contributed by atoms with E-state index >= 15 is 0 Å². The predicted octanol–water partition coefficient (Wildman–Crippen LogP) is 6.91. The Morgan fingerprint density at radius 2 is 1.83 bits per heavy atom. The summed E-state index contributed by atoms with van der Waals surface area (Å²) in [7, 11) is 0. The Bertz CT molecular complexity index is 1370. The van der Waals surface area contributed by atoms with E-state index in [0.29, 0.717) is 12.1 Å². The van der Waals surface area contributed by atoms with Crippen LogP contribution in [0.3, 0.4) is 0 Å². The van der Waals surface area contributed by atoms with Crippen LogP contribution in [0, 0.1) is 6.92 Å². The fraction of sp³-hybridized carbons (Fsp3) is 0.355. The van der Waals surface area contributed by atoms with Crippen LogP contribution in [0.4, 0.5) is 5.95 Å². The molecular weight excluding hydrogens is 464 g/mol. The van der Waals surface area contributed by atoms with E-state index in [2.05, 4.69) is 66.1 Å². The van der Waals surface area contributed by atoms with Gasteiger partial charge in [-0.1, -0.05) is 48.0 Å². The summed E-state index contributed by atoms with van der Waals surface area (Å²) in [6, 6.07) is 22.5. The van der Waals surface area contributed by atoms with Gasteiger partial charge in [0.1, 0.15) is 0 Å². The molecule has 5 heteroatoms. The van der Waals surface area contributed by atoms with E-state index < -0.39 is 0 Å². The molecule has 0 spiro atoms. The van der Waals surface area contributed by atoms with Gasteiger partial charge in [0.25, 0.3) is 0 Å². The SMILES string of the molecule is Cc1nc(N[C@@H]2CC[C@@H](Cc3ccc(Cl)cc3)NC2)nc2ccc(-c3cccc4c3CCCC4)cc12. The smallest absolute Gasteiger partial charge is 0.223 e. The zero-order valence-electron chi connectivity index (χ0n) is 20.9. The number of anilines is 1. The fourth-order valence-electron chi connectivity index (χ4n) is 5.87. The van der Waals surface area contributed by atoms with Crippen molar-refractivity contribution in [3.63, 3.8) is 0 Å². The Morgan fingerprint density at radius 1 is 0.972 bits per heavy atom. The summed E-state index contributed by atoms with van der Waals surface area (Å²) in [5.41, 5.74) is 9.05. The maximum Gasteiger partial charge on any atom is 0.223 e. The molecule has 184 valence electrons. The lowest BCUT2D eigenvalue weighted by molar-refractivity contribution is 0.376. The van der Waals surface area contributed by atoms with Gasteiger partial charge in [0, 0.05) is 29.0 Å². The number of nitrogens with zero attached hydrogens (tertiary/aromatic N) is 2. The minimum atomic E-state index is 0.332. The van der Waals surface area contributed by atoms with Crippen molar-refractivity contribution in [3.05, 3.63) is 88.1 Å². The maximum absolute atomic E-state index is 6.02. The van der Waals surface area contributed by atoms with Crippen LogP contribution in [0.25, 0.3) is 22.0 Å². The average molecular weight is 497 g/mol. The van der Waals surface area contributed by atoms with Gasteiger partial charge in [-0.2, -0.15) is 0 Å². The summed E-state index contributed by atoms with van der Waals surface area (Å²) in [5.74, 6) is 0.729. The largest absolute Gasteiger partial charge is 0.350 e. The quantitative estimate of drug-likeness (QED) is 0.315. The first-order chi connectivity index (χ1) is 17.6. The molecule has 3 aromatic carbocycles. The van der Waals surface area contributed by atoms with Crippen LogP contribution in [0.1, 0.15) is 48.1 Å². The standard InChI is InChI=1S/C31H33ClN4/c1-20-29-18-23(28-8-4-6-22-5-2-3-7-27(22)28)11-16-30(29)36-31(34-20)35-26-15-14-25(33-19-26)17-21-9-12-24(32)13-10-21/h4,6,8-13,16,18,25-26,33H,2-3,5,7,14-15,17,19H2,1H3,(H,34,35,36)/t25-,26+/m0/s1. The third-order valence-electron chi connectivity index (χ3n) is 7.84. The lowest BCUT2D eigenvalue weighted by atomic mass is 9.86. The van der Waals surface area contributed by atoms with E-state index in [1.807, 2.05) is 12.1 Å². The number of nitrogens with one attached hydrogen (secondary N) is 2. The average Bonchev–Trinajstić information content (AvgIpc) is 2.91. The number of hydrogen-bond acceptors (Lipinski definition) is 4. The van der Waals surface area contributed by atoms with Crippen molar-refractivity contribution in [1.29, 1.82) is 0 Å². The van der Waals surface area contributed by atoms with Crippen LogP contribution in [-0.4, -0.2) is 28.6 Å². The number of aryl methyl sites for hydroxylation is 2. The van der Waals surface area contributed by atoms with Crippen molar-refractivity contribution in [1.82, 2.24) is 15.3 Å². The van der Waals surface area contributed by atoms with E-state index in [1.165, 1.54) is 53.5 Å². The van der Waals surface area contributed by atoms with Crippen LogP contribution in [0.5, 0.6) is 0 Å². The molecule has 1 saturated heterocycles. The number of fused-ring (bicyclic) bond motifs is 2. The number of rotatable bonds is 5. The first-order valence-corrected chi connectivity index (χ1v) is 13.6. The van der Waals surface area contributed by atoms with Crippen molar-refractivity contribution >= 4 is 28.5 Å². The molecule has 0 saturated carbocycles. The highest BCUT2D eigenvalue weighted by molar-refractivity contribution is 6.30. The van der Waals surface area contributed by atoms with E-state index in [1.54, 1.807) is 0 Å². The van der Waals surface area contributed by atoms with Gasteiger partial charge in [0.2, 0.25) is 5.95 Å². The number of benzene rings is 3. The van der Waals surface area contributed by atoms with Gasteiger partial charge < -0.3 is 10.6 Å². The molecule has 0 radical (unpaired) electrons. The molecule has 6 rings (SSSR count). The van der Waals surface area contributed by atoms with Crippen LogP contribution < -0.4 is 10.6 Å². The van der Waals surface area contributed by atoms with Crippen molar-refractivity contribution < 1.29 is 0 Å². The third kappa shape index (κ3) is 4.98. The molecule has 0 bridgehead atoms. The van der Waals surface area contributed by atoms with Crippen molar-refractivity contribution in [3.8, 4) is 11.1 Å². The second-order valence-electron chi connectivity index (χ2n) is 10.4. The first-order valence-electron chi connectivity index (χ1n) is 13.3. The highest BCUT2D eigenvalue weighted by atomic mass is 35.5. The second-order valence-corrected chi connectivity index (χ2v) is 10.8. The number of aromatic nitrogens is 2. The molecule has 2 heterocycles. The molecule has 1 aliphatic heterocycles. The molecule has 4 aromatic rings. The molecule has 0 unspecified atom stereocenters. The highest BCUT2D eigenvalue weighted by Gasteiger charge is 2.22. The number of hydrogen-bond donors (Lipinski definition) is 2. The summed E-state index contributed by atoms with van der Waals surface area (Å²) < 4.78 is 0. The Kier molecular flexibility index (Phi) is 6.64. The summed E-state index contributed by atoms with van der Waals surface area (Å²) in [6.45, 7) is 3.01. The van der Waals surface area contributed by atoms with Gasteiger partial charge in [-0.05, 0) is 104 Å². The van der Waals surface area contributed by atoms with Crippen molar-refractivity contribution in [2.24, 2.45) is 0 Å². The molecule has 1 aliphatic carbocycles. The topological polar surface area (TPSA) is 49.8 Å². The lowest BCUT2D eigenvalue weighted by Gasteiger charge is -2.30. The third-order valence-corrected chi connectivity index (χ3v) is 8.09. The molecule has 2 aliphatic rings. The molecule has 36 heavy (non-hydrogen) atoms. The molecule has 4 nitrogen and oxygen atoms in total. The van der Waals surface area contributed by atoms with Crippen molar-refractivity contribution in [2.75, 3.05) is 11.9 Å². The predicted molar refractivity (Wildman–Crippen MR) is 150 cm³/mol. The zero-order valence-corrected chi connectivity index (χ0v) is 21.6. The van der Waals surface area contributed by atoms with Gasteiger partial charge in [-0.15, -0.1) is 0 Å². The highest BCUT2D eigenvalue weighted by Crippen LogP contribution is 2.33. The number of halogens is 1. The maximum atomic E-state index is 6.02. The normalized spacial score (nSPS) is 19.7. The minimum Gasteiger partial charge on any atom is -0.350 e. The minimum absolute atomic E-state index is 0.332. The second kappa shape index (κ2) is 10.2. The summed E-state index contributed by atoms with van der Waals surface area (Å²) in [6.07, 6.45) is 8.22. The first kappa shape index (κ1) is 23.4. The van der Waals surface area contributed by atoms with Crippen molar-refractivity contribution in [2.45, 2.75) is 64.0 Å². The molecular formula is C31H33ClN4. The van der Waals surface area contributed by atoms with E-state index in [0.717, 1.165) is 53.4 Å². The van der Waals surface area contributed by atoms with Gasteiger partial charge in [0.05, 0.1) is 11.2 Å². The monoisotopic (exact) mass is 496 g/mol. The van der Waals surface area contributed by atoms with E-state index in [-0.39, 0.29) is 0 Å². The van der Waals surface area contributed by atoms with Gasteiger partial charge in [-0.3, -0.25) is 0 Å². The molecule has 0 amide bonds. The molecule has 1 fully saturated rings. The van der Waals surface area contributed by atoms with E-state index in [9.17, 15) is 0 Å². The summed E-state index contributed by atoms with van der Waals surface area (Å²) in [5, 5.41) is 9.22.